The third kappa shape index (κ3) is 3.97. The summed E-state index contributed by atoms with van der Waals surface area (Å²) in [6, 6.07) is 11.6. The van der Waals surface area contributed by atoms with Crippen molar-refractivity contribution in [2.24, 2.45) is 0 Å². The van der Waals surface area contributed by atoms with Gasteiger partial charge in [-0.3, -0.25) is 9.59 Å². The van der Waals surface area contributed by atoms with Crippen LogP contribution in [0.15, 0.2) is 47.3 Å². The molecule has 7 nitrogen and oxygen atoms in total. The van der Waals surface area contributed by atoms with Gasteiger partial charge in [-0.25, -0.2) is 9.07 Å². The van der Waals surface area contributed by atoms with Crippen molar-refractivity contribution in [1.82, 2.24) is 14.7 Å². The Morgan fingerprint density at radius 1 is 1.06 bits per heavy atom. The average molecular weight is 424 g/mol. The van der Waals surface area contributed by atoms with Crippen LogP contribution in [0.25, 0.3) is 10.8 Å². The van der Waals surface area contributed by atoms with Crippen molar-refractivity contribution in [2.45, 2.75) is 20.4 Å². The minimum absolute atomic E-state index is 0.192. The Hall–Kier alpha value is -3.42. The van der Waals surface area contributed by atoms with Crippen LogP contribution in [0.5, 0.6) is 5.75 Å². The molecule has 2 heterocycles. The van der Waals surface area contributed by atoms with Crippen LogP contribution in [0.2, 0.25) is 0 Å². The van der Waals surface area contributed by atoms with Crippen LogP contribution >= 0.6 is 0 Å². The summed E-state index contributed by atoms with van der Waals surface area (Å²) in [7, 11) is 0. The summed E-state index contributed by atoms with van der Waals surface area (Å²) in [4.78, 5) is 29.7. The van der Waals surface area contributed by atoms with E-state index in [2.05, 4.69) is 10.00 Å². The quantitative estimate of drug-likeness (QED) is 0.630. The van der Waals surface area contributed by atoms with Gasteiger partial charge in [-0.1, -0.05) is 18.2 Å². The van der Waals surface area contributed by atoms with Crippen molar-refractivity contribution in [3.05, 3.63) is 64.3 Å². The fourth-order valence-electron chi connectivity index (χ4n) is 3.93. The second kappa shape index (κ2) is 8.75. The van der Waals surface area contributed by atoms with E-state index >= 15 is 0 Å². The van der Waals surface area contributed by atoms with E-state index in [0.29, 0.717) is 61.5 Å². The zero-order chi connectivity index (χ0) is 22.0. The molecule has 0 unspecified atom stereocenters. The van der Waals surface area contributed by atoms with Gasteiger partial charge in [-0.15, -0.1) is 0 Å². The maximum atomic E-state index is 13.6. The highest BCUT2D eigenvalue weighted by atomic mass is 19.1. The average Bonchev–Trinajstić information content (AvgIpc) is 2.80. The number of carbonyl (C=O) groups is 1. The third-order valence-corrected chi connectivity index (χ3v) is 5.50. The number of aromatic nitrogens is 2. The van der Waals surface area contributed by atoms with Gasteiger partial charge in [0.05, 0.1) is 17.7 Å². The molecule has 3 aromatic rings. The minimum Gasteiger partial charge on any atom is -0.492 e. The molecule has 0 saturated carbocycles. The van der Waals surface area contributed by atoms with E-state index in [1.165, 1.54) is 16.8 Å². The summed E-state index contributed by atoms with van der Waals surface area (Å²) >= 11 is 0. The lowest BCUT2D eigenvalue weighted by molar-refractivity contribution is 0.0740. The summed E-state index contributed by atoms with van der Waals surface area (Å²) in [5, 5.41) is 5.42. The maximum Gasteiger partial charge on any atom is 0.275 e. The Bertz CT molecular complexity index is 1170. The number of anilines is 1. The van der Waals surface area contributed by atoms with Gasteiger partial charge in [0.1, 0.15) is 11.6 Å². The van der Waals surface area contributed by atoms with E-state index < -0.39 is 0 Å². The smallest absolute Gasteiger partial charge is 0.275 e. The van der Waals surface area contributed by atoms with Gasteiger partial charge < -0.3 is 14.5 Å². The van der Waals surface area contributed by atoms with E-state index in [0.717, 1.165) is 5.69 Å². The molecule has 1 amide bonds. The van der Waals surface area contributed by atoms with E-state index in [9.17, 15) is 14.0 Å². The Balaban J connectivity index is 1.57. The molecule has 1 aromatic heterocycles. The number of ether oxygens (including phenoxy) is 1. The number of fused-ring (bicyclic) bond motifs is 1. The molecule has 0 spiro atoms. The Morgan fingerprint density at radius 3 is 2.45 bits per heavy atom. The second-order valence-corrected chi connectivity index (χ2v) is 7.34. The lowest BCUT2D eigenvalue weighted by Gasteiger charge is -2.36. The number of carbonyl (C=O) groups excluding carboxylic acids is 1. The molecular weight excluding hydrogens is 399 g/mol. The van der Waals surface area contributed by atoms with Crippen molar-refractivity contribution in [2.75, 3.05) is 37.7 Å². The molecule has 4 rings (SSSR count). The number of rotatable bonds is 5. The monoisotopic (exact) mass is 424 g/mol. The van der Waals surface area contributed by atoms with Gasteiger partial charge in [0.25, 0.3) is 11.5 Å². The van der Waals surface area contributed by atoms with Crippen LogP contribution < -0.4 is 15.2 Å². The van der Waals surface area contributed by atoms with E-state index in [1.54, 1.807) is 35.2 Å². The maximum absolute atomic E-state index is 13.6. The molecule has 0 radical (unpaired) electrons. The molecule has 0 aliphatic carbocycles. The molecule has 8 heteroatoms. The number of halogens is 1. The lowest BCUT2D eigenvalue weighted by atomic mass is 10.1. The van der Waals surface area contributed by atoms with E-state index in [4.69, 9.17) is 4.74 Å². The van der Waals surface area contributed by atoms with Crippen LogP contribution in [0.3, 0.4) is 0 Å². The summed E-state index contributed by atoms with van der Waals surface area (Å²) in [5.41, 5.74) is 0.917. The predicted octanol–water partition coefficient (Wildman–Crippen LogP) is 2.92. The van der Waals surface area contributed by atoms with Crippen molar-refractivity contribution >= 4 is 22.4 Å². The molecule has 1 aliphatic rings. The van der Waals surface area contributed by atoms with Gasteiger partial charge >= 0.3 is 0 Å². The second-order valence-electron chi connectivity index (χ2n) is 7.34. The topological polar surface area (TPSA) is 67.7 Å². The molecule has 31 heavy (non-hydrogen) atoms. The summed E-state index contributed by atoms with van der Waals surface area (Å²) in [6.45, 7) is 6.67. The Labute approximate surface area is 179 Å². The largest absolute Gasteiger partial charge is 0.492 e. The van der Waals surface area contributed by atoms with Gasteiger partial charge in [-0.2, -0.15) is 5.10 Å². The molecule has 0 bridgehead atoms. The molecule has 162 valence electrons. The highest BCUT2D eigenvalue weighted by Gasteiger charge is 2.27. The van der Waals surface area contributed by atoms with Crippen LogP contribution in [0, 0.1) is 5.82 Å². The van der Waals surface area contributed by atoms with Crippen molar-refractivity contribution in [3.63, 3.8) is 0 Å². The van der Waals surface area contributed by atoms with E-state index in [-0.39, 0.29) is 17.3 Å². The van der Waals surface area contributed by atoms with Gasteiger partial charge in [0.15, 0.2) is 5.69 Å². The third-order valence-electron chi connectivity index (χ3n) is 5.50. The zero-order valence-corrected chi connectivity index (χ0v) is 17.7. The van der Waals surface area contributed by atoms with Crippen molar-refractivity contribution in [3.8, 4) is 5.75 Å². The highest BCUT2D eigenvalue weighted by molar-refractivity contribution is 6.04. The fourth-order valence-corrected chi connectivity index (χ4v) is 3.93. The number of hydrogen-bond donors (Lipinski definition) is 0. The number of piperazine rings is 1. The number of nitrogens with zero attached hydrogens (tertiary/aromatic N) is 4. The number of benzene rings is 2. The van der Waals surface area contributed by atoms with Crippen LogP contribution in [0.4, 0.5) is 10.1 Å². The number of amides is 1. The van der Waals surface area contributed by atoms with Gasteiger partial charge in [-0.05, 0) is 32.0 Å². The summed E-state index contributed by atoms with van der Waals surface area (Å²) in [6.07, 6.45) is 0. The molecule has 1 saturated heterocycles. The molecule has 1 fully saturated rings. The van der Waals surface area contributed by atoms with E-state index in [1.807, 2.05) is 13.8 Å². The standard InChI is InChI=1S/C23H25FN4O3/c1-3-28-22(29)18-8-6-5-7-17(18)21(25-28)23(30)27-13-11-26(12-14-27)19-10-9-16(24)15-20(19)31-4-2/h5-10,15H,3-4,11-14H2,1-2H3. The first-order valence-corrected chi connectivity index (χ1v) is 10.5. The molecule has 1 aliphatic heterocycles. The molecule has 0 atom stereocenters. The molecular formula is C23H25FN4O3. The van der Waals surface area contributed by atoms with Gasteiger partial charge in [0, 0.05) is 44.2 Å². The van der Waals surface area contributed by atoms with Crippen molar-refractivity contribution < 1.29 is 13.9 Å². The number of aryl methyl sites for hydroxylation is 1. The SMILES string of the molecule is CCOc1cc(F)ccc1N1CCN(C(=O)c2nn(CC)c(=O)c3ccccc23)CC1. The summed E-state index contributed by atoms with van der Waals surface area (Å²) in [5.74, 6) is -0.0304. The summed E-state index contributed by atoms with van der Waals surface area (Å²) < 4.78 is 20.6. The van der Waals surface area contributed by atoms with Crippen LogP contribution in [-0.2, 0) is 6.54 Å². The van der Waals surface area contributed by atoms with Crippen molar-refractivity contribution in [1.29, 1.82) is 0 Å². The molecule has 0 N–H and O–H groups in total. The first-order valence-electron chi connectivity index (χ1n) is 10.5. The predicted molar refractivity (Wildman–Crippen MR) is 117 cm³/mol. The van der Waals surface area contributed by atoms with Gasteiger partial charge in [0.2, 0.25) is 0 Å². The van der Waals surface area contributed by atoms with Crippen LogP contribution in [-0.4, -0.2) is 53.4 Å². The first kappa shape index (κ1) is 20.8. The fraction of sp³-hybridized carbons (Fsp3) is 0.348. The zero-order valence-electron chi connectivity index (χ0n) is 17.7. The minimum atomic E-state index is -0.343. The molecule has 2 aromatic carbocycles. The Kier molecular flexibility index (Phi) is 5.88. The Morgan fingerprint density at radius 2 is 1.77 bits per heavy atom. The van der Waals surface area contributed by atoms with Crippen LogP contribution in [0.1, 0.15) is 24.3 Å². The highest BCUT2D eigenvalue weighted by Crippen LogP contribution is 2.30. The lowest BCUT2D eigenvalue weighted by Crippen LogP contribution is -2.49. The number of hydrogen-bond acceptors (Lipinski definition) is 5. The first-order chi connectivity index (χ1) is 15.0. The normalized spacial score (nSPS) is 14.2.